The summed E-state index contributed by atoms with van der Waals surface area (Å²) >= 11 is 6.17. The lowest BCUT2D eigenvalue weighted by molar-refractivity contribution is 0.448. The largest absolute Gasteiger partial charge is 0.310 e. The number of aryl methyl sites for hydroxylation is 1. The smallest absolute Gasteiger partial charge is 0.127 e. The van der Waals surface area contributed by atoms with Gasteiger partial charge < -0.3 is 5.32 Å². The van der Waals surface area contributed by atoms with E-state index in [1.54, 1.807) is 6.92 Å². The van der Waals surface area contributed by atoms with E-state index in [4.69, 9.17) is 11.6 Å². The second-order valence-corrected chi connectivity index (χ2v) is 5.61. The van der Waals surface area contributed by atoms with Gasteiger partial charge in [-0.2, -0.15) is 0 Å². The van der Waals surface area contributed by atoms with Gasteiger partial charge in [0.05, 0.1) is 0 Å². The lowest BCUT2D eigenvalue weighted by atomic mass is 9.96. The van der Waals surface area contributed by atoms with Crippen molar-refractivity contribution < 1.29 is 4.39 Å². The summed E-state index contributed by atoms with van der Waals surface area (Å²) in [6, 6.07) is 3.50. The molecule has 0 aliphatic carbocycles. The van der Waals surface area contributed by atoms with Crippen molar-refractivity contribution in [1.82, 2.24) is 5.32 Å². The predicted molar refractivity (Wildman–Crippen MR) is 76.6 cm³/mol. The first-order chi connectivity index (χ1) is 8.45. The fourth-order valence-corrected chi connectivity index (χ4v) is 2.34. The second kappa shape index (κ2) is 7.10. The fraction of sp³-hybridized carbons (Fsp3) is 0.600. The van der Waals surface area contributed by atoms with Crippen molar-refractivity contribution >= 4 is 11.6 Å². The molecule has 1 N–H and O–H groups in total. The van der Waals surface area contributed by atoms with Crippen LogP contribution in [0.1, 0.15) is 50.8 Å². The molecule has 1 unspecified atom stereocenters. The molecule has 0 bridgehead atoms. The summed E-state index contributed by atoms with van der Waals surface area (Å²) < 4.78 is 13.4. The van der Waals surface area contributed by atoms with Crippen LogP contribution in [0.5, 0.6) is 0 Å². The topological polar surface area (TPSA) is 12.0 Å². The molecule has 3 heteroatoms. The third-order valence-corrected chi connectivity index (χ3v) is 3.46. The van der Waals surface area contributed by atoms with Crippen LogP contribution in [0.25, 0.3) is 0 Å². The van der Waals surface area contributed by atoms with Crippen LogP contribution in [-0.4, -0.2) is 6.54 Å². The molecule has 0 aliphatic heterocycles. The first-order valence-corrected chi connectivity index (χ1v) is 7.02. The van der Waals surface area contributed by atoms with Crippen LogP contribution in [0.4, 0.5) is 4.39 Å². The van der Waals surface area contributed by atoms with Gasteiger partial charge >= 0.3 is 0 Å². The highest BCUT2D eigenvalue weighted by Gasteiger charge is 2.16. The maximum Gasteiger partial charge on any atom is 0.127 e. The highest BCUT2D eigenvalue weighted by Crippen LogP contribution is 2.29. The Labute approximate surface area is 115 Å². The molecular weight excluding hydrogens is 249 g/mol. The van der Waals surface area contributed by atoms with E-state index < -0.39 is 0 Å². The third kappa shape index (κ3) is 4.25. The molecule has 0 saturated heterocycles. The van der Waals surface area contributed by atoms with Gasteiger partial charge in [-0.25, -0.2) is 4.39 Å². The van der Waals surface area contributed by atoms with Gasteiger partial charge in [-0.3, -0.25) is 0 Å². The van der Waals surface area contributed by atoms with E-state index in [0.29, 0.717) is 16.5 Å². The Morgan fingerprint density at radius 2 is 1.94 bits per heavy atom. The van der Waals surface area contributed by atoms with Gasteiger partial charge in [0.1, 0.15) is 5.82 Å². The Morgan fingerprint density at radius 3 is 2.50 bits per heavy atom. The van der Waals surface area contributed by atoms with Crippen LogP contribution in [0.15, 0.2) is 12.1 Å². The number of hydrogen-bond donors (Lipinski definition) is 1. The van der Waals surface area contributed by atoms with E-state index in [1.807, 2.05) is 6.07 Å². The Balaban J connectivity index is 2.94. The highest BCUT2D eigenvalue weighted by molar-refractivity contribution is 6.31. The van der Waals surface area contributed by atoms with Crippen molar-refractivity contribution in [3.8, 4) is 0 Å². The number of halogens is 2. The van der Waals surface area contributed by atoms with E-state index in [-0.39, 0.29) is 11.9 Å². The first kappa shape index (κ1) is 15.5. The highest BCUT2D eigenvalue weighted by atomic mass is 35.5. The van der Waals surface area contributed by atoms with Crippen LogP contribution in [-0.2, 0) is 0 Å². The van der Waals surface area contributed by atoms with Gasteiger partial charge in [0.25, 0.3) is 0 Å². The normalized spacial score (nSPS) is 13.1. The van der Waals surface area contributed by atoms with Gasteiger partial charge in [0.15, 0.2) is 0 Å². The summed E-state index contributed by atoms with van der Waals surface area (Å²) in [7, 11) is 0. The van der Waals surface area contributed by atoms with E-state index >= 15 is 0 Å². The summed E-state index contributed by atoms with van der Waals surface area (Å²) in [6.45, 7) is 9.16. The van der Waals surface area contributed by atoms with Crippen molar-refractivity contribution in [3.05, 3.63) is 34.1 Å². The van der Waals surface area contributed by atoms with Gasteiger partial charge in [-0.05, 0) is 49.4 Å². The van der Waals surface area contributed by atoms with Crippen LogP contribution >= 0.6 is 11.6 Å². The lowest BCUT2D eigenvalue weighted by Crippen LogP contribution is -2.22. The molecule has 0 aliphatic rings. The van der Waals surface area contributed by atoms with E-state index in [1.165, 1.54) is 6.07 Å². The maximum atomic E-state index is 13.4. The van der Waals surface area contributed by atoms with Gasteiger partial charge in [-0.1, -0.05) is 38.4 Å². The lowest BCUT2D eigenvalue weighted by Gasteiger charge is -2.21. The molecular formula is C15H23ClFN. The molecule has 0 amide bonds. The number of benzene rings is 1. The molecule has 1 aromatic rings. The molecule has 102 valence electrons. The predicted octanol–water partition coefficient (Wildman–Crippen LogP) is 4.87. The zero-order chi connectivity index (χ0) is 13.7. The van der Waals surface area contributed by atoms with Crippen LogP contribution in [0.2, 0.25) is 5.02 Å². The minimum Gasteiger partial charge on any atom is -0.310 e. The summed E-state index contributed by atoms with van der Waals surface area (Å²) in [4.78, 5) is 0. The monoisotopic (exact) mass is 271 g/mol. The summed E-state index contributed by atoms with van der Waals surface area (Å²) in [5.74, 6) is 0.425. The van der Waals surface area contributed by atoms with Gasteiger partial charge in [0, 0.05) is 11.1 Å². The minimum atomic E-state index is -0.233. The molecule has 0 saturated carbocycles. The Morgan fingerprint density at radius 1 is 1.28 bits per heavy atom. The number of rotatable bonds is 6. The SMILES string of the molecule is CCNC(CCC(C)C)c1cc(C)c(F)cc1Cl. The summed E-state index contributed by atoms with van der Waals surface area (Å²) in [5.41, 5.74) is 1.67. The van der Waals surface area contributed by atoms with Crippen LogP contribution < -0.4 is 5.32 Å². The van der Waals surface area contributed by atoms with Gasteiger partial charge in [-0.15, -0.1) is 0 Å². The zero-order valence-corrected chi connectivity index (χ0v) is 12.4. The van der Waals surface area contributed by atoms with Crippen molar-refractivity contribution in [2.24, 2.45) is 5.92 Å². The minimum absolute atomic E-state index is 0.212. The van der Waals surface area contributed by atoms with Crippen LogP contribution in [0.3, 0.4) is 0 Å². The Bertz CT molecular complexity index is 390. The summed E-state index contributed by atoms with van der Waals surface area (Å²) in [6.07, 6.45) is 2.15. The molecule has 1 nitrogen and oxygen atoms in total. The van der Waals surface area contributed by atoms with E-state index in [0.717, 1.165) is 24.9 Å². The second-order valence-electron chi connectivity index (χ2n) is 5.20. The molecule has 0 aromatic heterocycles. The first-order valence-electron chi connectivity index (χ1n) is 6.64. The van der Waals surface area contributed by atoms with Gasteiger partial charge in [0.2, 0.25) is 0 Å². The zero-order valence-electron chi connectivity index (χ0n) is 11.7. The molecule has 18 heavy (non-hydrogen) atoms. The molecule has 1 rings (SSSR count). The van der Waals surface area contributed by atoms with Crippen molar-refractivity contribution in [2.45, 2.75) is 46.6 Å². The molecule has 0 spiro atoms. The molecule has 0 heterocycles. The summed E-state index contributed by atoms with van der Waals surface area (Å²) in [5, 5.41) is 3.96. The van der Waals surface area contributed by atoms with E-state index in [2.05, 4.69) is 26.1 Å². The van der Waals surface area contributed by atoms with Crippen molar-refractivity contribution in [3.63, 3.8) is 0 Å². The fourth-order valence-electron chi connectivity index (χ4n) is 2.06. The molecule has 1 aromatic carbocycles. The number of hydrogen-bond acceptors (Lipinski definition) is 1. The quantitative estimate of drug-likeness (QED) is 0.778. The van der Waals surface area contributed by atoms with Crippen molar-refractivity contribution in [1.29, 1.82) is 0 Å². The third-order valence-electron chi connectivity index (χ3n) is 3.14. The maximum absolute atomic E-state index is 13.4. The molecule has 0 fully saturated rings. The van der Waals surface area contributed by atoms with Crippen molar-refractivity contribution in [2.75, 3.05) is 6.54 Å². The number of nitrogens with one attached hydrogen (secondary N) is 1. The standard InChI is InChI=1S/C15H23ClFN/c1-5-18-15(7-6-10(2)3)12-8-11(4)14(17)9-13(12)16/h8-10,15,18H,5-7H2,1-4H3. The average Bonchev–Trinajstić information content (AvgIpc) is 2.29. The molecule has 1 atom stereocenters. The molecule has 0 radical (unpaired) electrons. The van der Waals surface area contributed by atoms with Crippen LogP contribution in [0, 0.1) is 18.7 Å². The van der Waals surface area contributed by atoms with E-state index in [9.17, 15) is 4.39 Å². The Kier molecular flexibility index (Phi) is 6.10. The Hall–Kier alpha value is -0.600. The average molecular weight is 272 g/mol.